The van der Waals surface area contributed by atoms with Crippen molar-refractivity contribution in [2.24, 2.45) is 0 Å². The molecular formula is C28H26N2O4. The minimum atomic E-state index is -0.467. The Hall–Kier alpha value is -4.37. The number of hydrogen-bond acceptors (Lipinski definition) is 5. The predicted molar refractivity (Wildman–Crippen MR) is 134 cm³/mol. The van der Waals surface area contributed by atoms with Gasteiger partial charge in [-0.3, -0.25) is 10.1 Å². The van der Waals surface area contributed by atoms with Crippen LogP contribution in [0.2, 0.25) is 0 Å². The summed E-state index contributed by atoms with van der Waals surface area (Å²) in [5.74, 6) is 1.23. The highest BCUT2D eigenvalue weighted by molar-refractivity contribution is 5.90. The number of nitrogens with zero attached hydrogens (tertiary/aromatic N) is 2. The summed E-state index contributed by atoms with van der Waals surface area (Å²) in [6, 6.07) is 20.0. The van der Waals surface area contributed by atoms with Crippen molar-refractivity contribution in [3.63, 3.8) is 0 Å². The second-order valence-corrected chi connectivity index (χ2v) is 7.68. The lowest BCUT2D eigenvalue weighted by molar-refractivity contribution is -0.384. The molecule has 0 saturated carbocycles. The van der Waals surface area contributed by atoms with Gasteiger partial charge in [-0.1, -0.05) is 35.9 Å². The fourth-order valence-corrected chi connectivity index (χ4v) is 3.45. The molecule has 0 bridgehead atoms. The first-order valence-corrected chi connectivity index (χ1v) is 10.9. The third-order valence-electron chi connectivity index (χ3n) is 5.14. The molecule has 0 aromatic heterocycles. The largest absolute Gasteiger partial charge is 0.490 e. The molecule has 0 N–H and O–H groups in total. The van der Waals surface area contributed by atoms with Gasteiger partial charge in [0.05, 0.1) is 23.2 Å². The average molecular weight is 455 g/mol. The van der Waals surface area contributed by atoms with E-state index in [1.807, 2.05) is 50.2 Å². The van der Waals surface area contributed by atoms with Gasteiger partial charge < -0.3 is 9.47 Å². The van der Waals surface area contributed by atoms with Crippen molar-refractivity contribution in [2.45, 2.75) is 26.9 Å². The number of non-ortho nitro benzene ring substituents is 1. The Balaban J connectivity index is 1.98. The predicted octanol–water partition coefficient (Wildman–Crippen LogP) is 6.67. The van der Waals surface area contributed by atoms with E-state index in [-0.39, 0.29) is 5.69 Å². The maximum absolute atomic E-state index is 10.9. The number of allylic oxidation sites excluding steroid dienone is 2. The van der Waals surface area contributed by atoms with E-state index in [4.69, 9.17) is 9.47 Å². The second kappa shape index (κ2) is 11.5. The van der Waals surface area contributed by atoms with Crippen LogP contribution in [0.5, 0.6) is 11.5 Å². The van der Waals surface area contributed by atoms with Crippen molar-refractivity contribution in [1.82, 2.24) is 0 Å². The minimum absolute atomic E-state index is 0.0250. The third-order valence-corrected chi connectivity index (χ3v) is 5.14. The van der Waals surface area contributed by atoms with E-state index in [0.717, 1.165) is 16.7 Å². The van der Waals surface area contributed by atoms with Crippen molar-refractivity contribution in [3.8, 4) is 17.6 Å². The number of hydrogen-bond donors (Lipinski definition) is 0. The van der Waals surface area contributed by atoms with E-state index in [1.165, 1.54) is 17.7 Å². The number of benzene rings is 3. The zero-order valence-corrected chi connectivity index (χ0v) is 19.3. The maximum atomic E-state index is 10.9. The quantitative estimate of drug-likeness (QED) is 0.112. The van der Waals surface area contributed by atoms with Crippen LogP contribution in [-0.2, 0) is 13.0 Å². The van der Waals surface area contributed by atoms with E-state index in [0.29, 0.717) is 42.3 Å². The Bertz CT molecular complexity index is 1240. The molecule has 0 spiro atoms. The first kappa shape index (κ1) is 24.3. The SMILES string of the molecule is C=CCc1cc(/C=C(\C#N)c2ccc([N+](=O)[O-])cc2)cc(OCC)c1OCc1ccc(C)cc1. The van der Waals surface area contributed by atoms with Gasteiger partial charge >= 0.3 is 0 Å². The van der Waals surface area contributed by atoms with Gasteiger partial charge in [-0.2, -0.15) is 5.26 Å². The number of ether oxygens (including phenoxy) is 2. The zero-order chi connectivity index (χ0) is 24.5. The molecule has 6 nitrogen and oxygen atoms in total. The summed E-state index contributed by atoms with van der Waals surface area (Å²) in [5.41, 5.74) is 4.84. The summed E-state index contributed by atoms with van der Waals surface area (Å²) < 4.78 is 12.1. The molecule has 0 radical (unpaired) electrons. The first-order chi connectivity index (χ1) is 16.4. The molecule has 3 rings (SSSR count). The van der Waals surface area contributed by atoms with Crippen LogP contribution in [0.4, 0.5) is 5.69 Å². The lowest BCUT2D eigenvalue weighted by atomic mass is 10.0. The maximum Gasteiger partial charge on any atom is 0.269 e. The van der Waals surface area contributed by atoms with Gasteiger partial charge in [-0.05, 0) is 67.3 Å². The molecule has 0 fully saturated rings. The van der Waals surface area contributed by atoms with Gasteiger partial charge in [0.25, 0.3) is 5.69 Å². The number of nitriles is 1. The highest BCUT2D eigenvalue weighted by atomic mass is 16.6. The molecular weight excluding hydrogens is 428 g/mol. The molecule has 172 valence electrons. The normalized spacial score (nSPS) is 10.9. The van der Waals surface area contributed by atoms with Crippen LogP contribution in [0.15, 0.2) is 73.3 Å². The van der Waals surface area contributed by atoms with Crippen molar-refractivity contribution >= 4 is 17.3 Å². The Kier molecular flexibility index (Phi) is 8.20. The van der Waals surface area contributed by atoms with Crippen LogP contribution in [0.1, 0.15) is 34.7 Å². The van der Waals surface area contributed by atoms with Gasteiger partial charge in [0.1, 0.15) is 6.61 Å². The van der Waals surface area contributed by atoms with Gasteiger partial charge in [0.15, 0.2) is 11.5 Å². The van der Waals surface area contributed by atoms with Crippen LogP contribution in [0.25, 0.3) is 11.6 Å². The third kappa shape index (κ3) is 6.11. The van der Waals surface area contributed by atoms with Crippen molar-refractivity contribution in [2.75, 3.05) is 6.61 Å². The highest BCUT2D eigenvalue weighted by Gasteiger charge is 2.14. The summed E-state index contributed by atoms with van der Waals surface area (Å²) in [6.07, 6.45) is 4.09. The summed E-state index contributed by atoms with van der Waals surface area (Å²) >= 11 is 0. The number of nitro benzene ring substituents is 1. The molecule has 6 heteroatoms. The fraction of sp³-hybridized carbons (Fsp3) is 0.179. The Morgan fingerprint density at radius 3 is 2.41 bits per heavy atom. The Morgan fingerprint density at radius 1 is 1.12 bits per heavy atom. The fourth-order valence-electron chi connectivity index (χ4n) is 3.45. The van der Waals surface area contributed by atoms with Crippen molar-refractivity contribution in [3.05, 3.63) is 111 Å². The van der Waals surface area contributed by atoms with Gasteiger partial charge in [0, 0.05) is 17.7 Å². The molecule has 0 amide bonds. The zero-order valence-electron chi connectivity index (χ0n) is 19.3. The van der Waals surface area contributed by atoms with Gasteiger partial charge in [-0.25, -0.2) is 0 Å². The topological polar surface area (TPSA) is 85.4 Å². The van der Waals surface area contributed by atoms with E-state index in [1.54, 1.807) is 24.3 Å². The Morgan fingerprint density at radius 2 is 1.82 bits per heavy atom. The lowest BCUT2D eigenvalue weighted by Crippen LogP contribution is -2.03. The smallest absolute Gasteiger partial charge is 0.269 e. The minimum Gasteiger partial charge on any atom is -0.490 e. The van der Waals surface area contributed by atoms with Crippen LogP contribution < -0.4 is 9.47 Å². The van der Waals surface area contributed by atoms with Crippen LogP contribution in [0.3, 0.4) is 0 Å². The number of rotatable bonds is 10. The molecule has 0 aliphatic carbocycles. The molecule has 0 saturated heterocycles. The highest BCUT2D eigenvalue weighted by Crippen LogP contribution is 2.36. The van der Waals surface area contributed by atoms with Crippen LogP contribution in [-0.4, -0.2) is 11.5 Å². The molecule has 3 aromatic rings. The van der Waals surface area contributed by atoms with E-state index in [9.17, 15) is 15.4 Å². The van der Waals surface area contributed by atoms with Crippen molar-refractivity contribution < 1.29 is 14.4 Å². The second-order valence-electron chi connectivity index (χ2n) is 7.68. The first-order valence-electron chi connectivity index (χ1n) is 10.9. The Labute approximate surface area is 199 Å². The monoisotopic (exact) mass is 454 g/mol. The van der Waals surface area contributed by atoms with E-state index < -0.39 is 4.92 Å². The van der Waals surface area contributed by atoms with Crippen LogP contribution >= 0.6 is 0 Å². The summed E-state index contributed by atoms with van der Waals surface area (Å²) in [7, 11) is 0. The molecule has 0 atom stereocenters. The average Bonchev–Trinajstić information content (AvgIpc) is 2.83. The van der Waals surface area contributed by atoms with Gasteiger partial charge in [0.2, 0.25) is 0 Å². The standard InChI is InChI=1S/C28H26N2O4/c1-4-6-24-15-22(16-25(18-29)23-11-13-26(14-12-23)30(31)32)17-27(33-5-2)28(24)34-19-21-9-7-20(3)8-10-21/h4,7-17H,1,5-6,19H2,2-3H3/b25-16+. The molecule has 0 aliphatic heterocycles. The molecule has 0 aliphatic rings. The van der Waals surface area contributed by atoms with Gasteiger partial charge in [-0.15, -0.1) is 6.58 Å². The number of aryl methyl sites for hydroxylation is 1. The number of nitro groups is 1. The summed E-state index contributed by atoms with van der Waals surface area (Å²) in [5, 5.41) is 20.6. The lowest BCUT2D eigenvalue weighted by Gasteiger charge is -2.17. The molecule has 0 heterocycles. The molecule has 3 aromatic carbocycles. The molecule has 34 heavy (non-hydrogen) atoms. The van der Waals surface area contributed by atoms with Crippen molar-refractivity contribution in [1.29, 1.82) is 5.26 Å². The summed E-state index contributed by atoms with van der Waals surface area (Å²) in [4.78, 5) is 10.5. The summed E-state index contributed by atoms with van der Waals surface area (Å²) in [6.45, 7) is 8.65. The van der Waals surface area contributed by atoms with E-state index in [2.05, 4.69) is 12.6 Å². The van der Waals surface area contributed by atoms with Crippen LogP contribution in [0, 0.1) is 28.4 Å². The van der Waals surface area contributed by atoms with E-state index >= 15 is 0 Å². The molecule has 0 unspecified atom stereocenters.